The highest BCUT2D eigenvalue weighted by molar-refractivity contribution is 7.89. The standard InChI is InChI=1S/C20H32N2O5S/c1-15(2)27-12-6-10-21-20(23)17-7-5-11-22(14-17)28(24,25)19-13-16(3)8-9-18(19)26-4/h8-9,13,15,17H,5-7,10-12,14H2,1-4H3,(H,21,23)/t17-/m0/s1. The van der Waals surface area contributed by atoms with E-state index >= 15 is 0 Å². The molecule has 1 aliphatic heterocycles. The smallest absolute Gasteiger partial charge is 0.246 e. The number of hydrogen-bond donors (Lipinski definition) is 1. The zero-order valence-electron chi connectivity index (χ0n) is 17.2. The van der Waals surface area contributed by atoms with Crippen LogP contribution in [-0.4, -0.2) is 58.1 Å². The predicted octanol–water partition coefficient (Wildman–Crippen LogP) is 2.34. The molecule has 28 heavy (non-hydrogen) atoms. The number of sulfonamides is 1. The highest BCUT2D eigenvalue weighted by atomic mass is 32.2. The molecular formula is C20H32N2O5S. The zero-order chi connectivity index (χ0) is 20.7. The van der Waals surface area contributed by atoms with Crippen LogP contribution in [0, 0.1) is 12.8 Å². The van der Waals surface area contributed by atoms with Crippen molar-refractivity contribution >= 4 is 15.9 Å². The van der Waals surface area contributed by atoms with Gasteiger partial charge in [0, 0.05) is 26.2 Å². The van der Waals surface area contributed by atoms with E-state index in [1.807, 2.05) is 26.8 Å². The molecular weight excluding hydrogens is 380 g/mol. The van der Waals surface area contributed by atoms with Crippen LogP contribution in [0.4, 0.5) is 0 Å². The van der Waals surface area contributed by atoms with Crippen LogP contribution in [0.2, 0.25) is 0 Å². The minimum Gasteiger partial charge on any atom is -0.495 e. The highest BCUT2D eigenvalue weighted by Crippen LogP contribution is 2.30. The Kier molecular flexibility index (Phi) is 8.27. The molecule has 1 aliphatic rings. The second kappa shape index (κ2) is 10.2. The lowest BCUT2D eigenvalue weighted by Gasteiger charge is -2.31. The van der Waals surface area contributed by atoms with E-state index in [9.17, 15) is 13.2 Å². The molecule has 1 aromatic rings. The van der Waals surface area contributed by atoms with Gasteiger partial charge in [-0.05, 0) is 57.7 Å². The van der Waals surface area contributed by atoms with Gasteiger partial charge in [-0.15, -0.1) is 0 Å². The second-order valence-corrected chi connectivity index (χ2v) is 9.33. The number of carbonyl (C=O) groups excluding carboxylic acids is 1. The van der Waals surface area contributed by atoms with Crippen LogP contribution in [0.3, 0.4) is 0 Å². The van der Waals surface area contributed by atoms with Crippen LogP contribution in [-0.2, 0) is 19.6 Å². The van der Waals surface area contributed by atoms with Gasteiger partial charge in [-0.25, -0.2) is 8.42 Å². The summed E-state index contributed by atoms with van der Waals surface area (Å²) in [5.74, 6) is -0.117. The molecule has 1 saturated heterocycles. The third-order valence-corrected chi connectivity index (χ3v) is 6.65. The van der Waals surface area contributed by atoms with E-state index in [2.05, 4.69) is 5.32 Å². The number of aryl methyl sites for hydroxylation is 1. The molecule has 8 heteroatoms. The fraction of sp³-hybridized carbons (Fsp3) is 0.650. The minimum atomic E-state index is -3.72. The zero-order valence-corrected chi connectivity index (χ0v) is 18.0. The Hall–Kier alpha value is -1.64. The maximum absolute atomic E-state index is 13.1. The van der Waals surface area contributed by atoms with E-state index in [1.54, 1.807) is 12.1 Å². The summed E-state index contributed by atoms with van der Waals surface area (Å²) in [5, 5.41) is 2.90. The Morgan fingerprint density at radius 3 is 2.79 bits per heavy atom. The van der Waals surface area contributed by atoms with Gasteiger partial charge in [-0.2, -0.15) is 4.31 Å². The van der Waals surface area contributed by atoms with E-state index < -0.39 is 10.0 Å². The lowest BCUT2D eigenvalue weighted by molar-refractivity contribution is -0.126. The van der Waals surface area contributed by atoms with Gasteiger partial charge in [-0.1, -0.05) is 6.07 Å². The summed E-state index contributed by atoms with van der Waals surface area (Å²) in [6.45, 7) is 7.50. The first-order chi connectivity index (χ1) is 13.3. The Morgan fingerprint density at radius 2 is 2.11 bits per heavy atom. The molecule has 7 nitrogen and oxygen atoms in total. The first-order valence-electron chi connectivity index (χ1n) is 9.79. The van der Waals surface area contributed by atoms with Crippen LogP contribution in [0.25, 0.3) is 0 Å². The van der Waals surface area contributed by atoms with Crippen molar-refractivity contribution in [3.05, 3.63) is 23.8 Å². The Bertz CT molecular complexity index is 764. The van der Waals surface area contributed by atoms with Gasteiger partial charge in [0.2, 0.25) is 15.9 Å². The lowest BCUT2D eigenvalue weighted by atomic mass is 9.99. The largest absolute Gasteiger partial charge is 0.495 e. The van der Waals surface area contributed by atoms with Gasteiger partial charge in [-0.3, -0.25) is 4.79 Å². The fourth-order valence-electron chi connectivity index (χ4n) is 3.25. The normalized spacial score (nSPS) is 18.2. The quantitative estimate of drug-likeness (QED) is 0.629. The molecule has 0 unspecified atom stereocenters. The van der Waals surface area contributed by atoms with Gasteiger partial charge in [0.05, 0.1) is 19.1 Å². The van der Waals surface area contributed by atoms with Gasteiger partial charge in [0.25, 0.3) is 0 Å². The number of amides is 1. The van der Waals surface area contributed by atoms with Crippen LogP contribution in [0.15, 0.2) is 23.1 Å². The first kappa shape index (κ1) is 22.6. The summed E-state index contributed by atoms with van der Waals surface area (Å²) in [6, 6.07) is 5.09. The number of nitrogens with zero attached hydrogens (tertiary/aromatic N) is 1. The van der Waals surface area contributed by atoms with Crippen molar-refractivity contribution in [3.63, 3.8) is 0 Å². The average Bonchev–Trinajstić information content (AvgIpc) is 2.67. The van der Waals surface area contributed by atoms with Crippen LogP contribution >= 0.6 is 0 Å². The number of nitrogens with one attached hydrogen (secondary N) is 1. The predicted molar refractivity (Wildman–Crippen MR) is 108 cm³/mol. The van der Waals surface area contributed by atoms with Gasteiger partial charge in [0.15, 0.2) is 0 Å². The molecule has 0 spiro atoms. The molecule has 0 bridgehead atoms. The van der Waals surface area contributed by atoms with Gasteiger partial charge >= 0.3 is 0 Å². The number of methoxy groups -OCH3 is 1. The van der Waals surface area contributed by atoms with E-state index in [1.165, 1.54) is 11.4 Å². The molecule has 1 amide bonds. The van der Waals surface area contributed by atoms with E-state index in [-0.39, 0.29) is 29.4 Å². The molecule has 1 fully saturated rings. The Morgan fingerprint density at radius 1 is 1.36 bits per heavy atom. The third kappa shape index (κ3) is 5.93. The lowest BCUT2D eigenvalue weighted by Crippen LogP contribution is -2.45. The summed E-state index contributed by atoms with van der Waals surface area (Å²) < 4.78 is 38.4. The summed E-state index contributed by atoms with van der Waals surface area (Å²) in [7, 11) is -2.27. The molecule has 1 aromatic carbocycles. The number of ether oxygens (including phenoxy) is 2. The number of carbonyl (C=O) groups is 1. The van der Waals surface area contributed by atoms with Crippen molar-refractivity contribution in [1.82, 2.24) is 9.62 Å². The third-order valence-electron chi connectivity index (χ3n) is 4.76. The van der Waals surface area contributed by atoms with Gasteiger partial charge < -0.3 is 14.8 Å². The van der Waals surface area contributed by atoms with E-state index in [4.69, 9.17) is 9.47 Å². The SMILES string of the molecule is COc1ccc(C)cc1S(=O)(=O)N1CCC[C@H](C(=O)NCCCOC(C)C)C1. The number of rotatable bonds is 9. The number of piperidine rings is 1. The van der Waals surface area contributed by atoms with Crippen molar-refractivity contribution < 1.29 is 22.7 Å². The van der Waals surface area contributed by atoms with E-state index in [0.717, 1.165) is 12.0 Å². The molecule has 1 N–H and O–H groups in total. The van der Waals surface area contributed by atoms with Crippen molar-refractivity contribution in [2.75, 3.05) is 33.4 Å². The second-order valence-electron chi connectivity index (χ2n) is 7.42. The molecule has 0 aromatic heterocycles. The van der Waals surface area contributed by atoms with Crippen LogP contribution in [0.5, 0.6) is 5.75 Å². The molecule has 0 radical (unpaired) electrons. The maximum Gasteiger partial charge on any atom is 0.246 e. The monoisotopic (exact) mass is 412 g/mol. The fourth-order valence-corrected chi connectivity index (χ4v) is 5.01. The number of benzene rings is 1. The van der Waals surface area contributed by atoms with Crippen LogP contribution < -0.4 is 10.1 Å². The van der Waals surface area contributed by atoms with Gasteiger partial charge in [0.1, 0.15) is 10.6 Å². The summed E-state index contributed by atoms with van der Waals surface area (Å²) in [4.78, 5) is 12.6. The minimum absolute atomic E-state index is 0.0966. The van der Waals surface area contributed by atoms with E-state index in [0.29, 0.717) is 38.3 Å². The molecule has 1 atom stereocenters. The summed E-state index contributed by atoms with van der Waals surface area (Å²) in [5.41, 5.74) is 0.842. The summed E-state index contributed by atoms with van der Waals surface area (Å²) >= 11 is 0. The topological polar surface area (TPSA) is 84.9 Å². The molecule has 158 valence electrons. The van der Waals surface area contributed by atoms with Crippen molar-refractivity contribution in [2.24, 2.45) is 5.92 Å². The molecule has 0 saturated carbocycles. The Balaban J connectivity index is 2.00. The molecule has 1 heterocycles. The first-order valence-corrected chi connectivity index (χ1v) is 11.2. The summed E-state index contributed by atoms with van der Waals surface area (Å²) in [6.07, 6.45) is 2.25. The molecule has 2 rings (SSSR count). The highest BCUT2D eigenvalue weighted by Gasteiger charge is 2.34. The number of hydrogen-bond acceptors (Lipinski definition) is 5. The van der Waals surface area contributed by atoms with Crippen molar-refractivity contribution in [1.29, 1.82) is 0 Å². The van der Waals surface area contributed by atoms with Crippen molar-refractivity contribution in [2.45, 2.75) is 51.0 Å². The van der Waals surface area contributed by atoms with Crippen LogP contribution in [0.1, 0.15) is 38.7 Å². The maximum atomic E-state index is 13.1. The Labute approximate surface area is 168 Å². The molecule has 0 aliphatic carbocycles. The average molecular weight is 413 g/mol. The van der Waals surface area contributed by atoms with Crippen molar-refractivity contribution in [3.8, 4) is 5.75 Å².